The Balaban J connectivity index is 1.62. The molecule has 1 saturated carbocycles. The summed E-state index contributed by atoms with van der Waals surface area (Å²) in [7, 11) is 0. The van der Waals surface area contributed by atoms with E-state index in [4.69, 9.17) is 11.6 Å². The normalized spacial score (nSPS) is 14.0. The molecule has 3 heterocycles. The summed E-state index contributed by atoms with van der Waals surface area (Å²) in [6, 6.07) is 3.49. The number of aromatic nitrogens is 4. The molecule has 1 aliphatic rings. The van der Waals surface area contributed by atoms with Crippen molar-refractivity contribution in [3.05, 3.63) is 28.2 Å². The summed E-state index contributed by atoms with van der Waals surface area (Å²) >= 11 is 7.18. The average Bonchev–Trinajstić information content (AvgIpc) is 3.24. The number of nitrogens with zero attached hydrogens (tertiary/aromatic N) is 4. The molecule has 9 heteroatoms. The molecule has 3 aromatic heterocycles. The molecule has 0 atom stereocenters. The molecule has 23 heavy (non-hydrogen) atoms. The number of rotatable bonds is 3. The van der Waals surface area contributed by atoms with Crippen molar-refractivity contribution in [2.24, 2.45) is 0 Å². The lowest BCUT2D eigenvalue weighted by atomic mass is 10.3. The Labute approximate surface area is 140 Å². The SMILES string of the molecule is O=C(Nc1ccc2ncc(-c3csc(Cl)n3)nc2n1)NC1CC1. The highest BCUT2D eigenvalue weighted by molar-refractivity contribution is 7.14. The van der Waals surface area contributed by atoms with E-state index in [1.54, 1.807) is 18.3 Å². The summed E-state index contributed by atoms with van der Waals surface area (Å²) in [5.41, 5.74) is 2.33. The molecule has 0 aromatic carbocycles. The van der Waals surface area contributed by atoms with Gasteiger partial charge in [-0.1, -0.05) is 11.6 Å². The molecule has 3 aromatic rings. The molecule has 1 fully saturated rings. The lowest BCUT2D eigenvalue weighted by Gasteiger charge is -2.06. The fraction of sp³-hybridized carbons (Fsp3) is 0.214. The third-order valence-electron chi connectivity index (χ3n) is 3.30. The highest BCUT2D eigenvalue weighted by Gasteiger charge is 2.23. The number of amides is 2. The van der Waals surface area contributed by atoms with Crippen molar-refractivity contribution in [2.45, 2.75) is 18.9 Å². The Morgan fingerprint density at radius 3 is 2.83 bits per heavy atom. The van der Waals surface area contributed by atoms with Gasteiger partial charge in [0.2, 0.25) is 0 Å². The zero-order valence-corrected chi connectivity index (χ0v) is 13.4. The van der Waals surface area contributed by atoms with Crippen molar-refractivity contribution < 1.29 is 4.79 Å². The molecule has 0 unspecified atom stereocenters. The average molecular weight is 347 g/mol. The summed E-state index contributed by atoms with van der Waals surface area (Å²) in [6.07, 6.45) is 3.69. The van der Waals surface area contributed by atoms with Crippen LogP contribution in [-0.2, 0) is 0 Å². The maximum Gasteiger partial charge on any atom is 0.320 e. The first-order valence-corrected chi connectivity index (χ1v) is 8.26. The van der Waals surface area contributed by atoms with Gasteiger partial charge in [0, 0.05) is 11.4 Å². The molecule has 0 aliphatic heterocycles. The smallest absolute Gasteiger partial charge is 0.320 e. The first-order valence-electron chi connectivity index (χ1n) is 7.00. The Hall–Kier alpha value is -2.32. The van der Waals surface area contributed by atoms with E-state index in [0.717, 1.165) is 12.8 Å². The first-order chi connectivity index (χ1) is 11.2. The van der Waals surface area contributed by atoms with Crippen LogP contribution in [0.3, 0.4) is 0 Å². The molecule has 4 rings (SSSR count). The van der Waals surface area contributed by atoms with Crippen molar-refractivity contribution in [3.63, 3.8) is 0 Å². The van der Waals surface area contributed by atoms with Gasteiger partial charge in [0.15, 0.2) is 10.1 Å². The number of halogens is 1. The van der Waals surface area contributed by atoms with E-state index in [1.165, 1.54) is 11.3 Å². The number of carbonyl (C=O) groups is 1. The minimum Gasteiger partial charge on any atom is -0.335 e. The van der Waals surface area contributed by atoms with Crippen molar-refractivity contribution in [3.8, 4) is 11.4 Å². The van der Waals surface area contributed by atoms with Gasteiger partial charge in [0.1, 0.15) is 22.7 Å². The Morgan fingerprint density at radius 1 is 1.22 bits per heavy atom. The minimum absolute atomic E-state index is 0.255. The summed E-state index contributed by atoms with van der Waals surface area (Å²) in [5, 5.41) is 7.36. The summed E-state index contributed by atoms with van der Waals surface area (Å²) < 4.78 is 0.446. The zero-order valence-electron chi connectivity index (χ0n) is 11.8. The molecule has 2 N–H and O–H groups in total. The second-order valence-electron chi connectivity index (χ2n) is 5.15. The van der Waals surface area contributed by atoms with Gasteiger partial charge in [-0.05, 0) is 25.0 Å². The Morgan fingerprint density at radius 2 is 2.09 bits per heavy atom. The highest BCUT2D eigenvalue weighted by Crippen LogP contribution is 2.24. The summed E-state index contributed by atoms with van der Waals surface area (Å²) in [6.45, 7) is 0. The number of fused-ring (bicyclic) bond motifs is 1. The predicted octanol–water partition coefficient (Wildman–Crippen LogP) is 3.09. The molecule has 0 bridgehead atoms. The summed E-state index contributed by atoms with van der Waals surface area (Å²) in [5.74, 6) is 0.429. The number of nitrogens with one attached hydrogen (secondary N) is 2. The van der Waals surface area contributed by atoms with Crippen LogP contribution in [0.1, 0.15) is 12.8 Å². The molecular formula is C14H11ClN6OS. The van der Waals surface area contributed by atoms with Crippen LogP contribution in [0.25, 0.3) is 22.6 Å². The largest absolute Gasteiger partial charge is 0.335 e. The van der Waals surface area contributed by atoms with Crippen LogP contribution in [0.2, 0.25) is 4.47 Å². The molecular weight excluding hydrogens is 336 g/mol. The third-order valence-corrected chi connectivity index (χ3v) is 4.28. The van der Waals surface area contributed by atoms with Gasteiger partial charge in [-0.25, -0.2) is 19.7 Å². The maximum absolute atomic E-state index is 11.8. The topological polar surface area (TPSA) is 92.7 Å². The molecule has 0 saturated heterocycles. The Bertz CT molecular complexity index is 894. The number of hydrogen-bond acceptors (Lipinski definition) is 6. The minimum atomic E-state index is -0.255. The second-order valence-corrected chi connectivity index (χ2v) is 6.59. The van der Waals surface area contributed by atoms with Crippen LogP contribution < -0.4 is 10.6 Å². The molecule has 0 spiro atoms. The monoisotopic (exact) mass is 346 g/mol. The van der Waals surface area contributed by atoms with E-state index in [9.17, 15) is 4.79 Å². The van der Waals surface area contributed by atoms with E-state index in [2.05, 4.69) is 30.6 Å². The van der Waals surface area contributed by atoms with Crippen molar-refractivity contribution in [2.75, 3.05) is 5.32 Å². The van der Waals surface area contributed by atoms with E-state index in [0.29, 0.717) is 32.8 Å². The molecule has 2 amide bonds. The number of pyridine rings is 1. The van der Waals surface area contributed by atoms with E-state index < -0.39 is 0 Å². The zero-order chi connectivity index (χ0) is 15.8. The van der Waals surface area contributed by atoms with Crippen LogP contribution in [0.5, 0.6) is 0 Å². The number of thiazole rings is 1. The molecule has 1 aliphatic carbocycles. The number of carbonyl (C=O) groups excluding carboxylic acids is 1. The maximum atomic E-state index is 11.8. The van der Waals surface area contributed by atoms with Gasteiger partial charge in [-0.3, -0.25) is 10.3 Å². The highest BCUT2D eigenvalue weighted by atomic mass is 35.5. The van der Waals surface area contributed by atoms with Gasteiger partial charge in [0.25, 0.3) is 0 Å². The van der Waals surface area contributed by atoms with Gasteiger partial charge in [-0.2, -0.15) is 0 Å². The lowest BCUT2D eigenvalue weighted by Crippen LogP contribution is -2.30. The van der Waals surface area contributed by atoms with Crippen LogP contribution in [0.4, 0.5) is 10.6 Å². The predicted molar refractivity (Wildman–Crippen MR) is 88.6 cm³/mol. The van der Waals surface area contributed by atoms with Gasteiger partial charge in [0.05, 0.1) is 6.20 Å². The fourth-order valence-electron chi connectivity index (χ4n) is 2.03. The number of hydrogen-bond donors (Lipinski definition) is 2. The van der Waals surface area contributed by atoms with Crippen molar-refractivity contribution >= 4 is 46.0 Å². The van der Waals surface area contributed by atoms with Crippen LogP contribution in [0, 0.1) is 0 Å². The second kappa shape index (κ2) is 5.71. The van der Waals surface area contributed by atoms with Crippen molar-refractivity contribution in [1.82, 2.24) is 25.3 Å². The standard InChI is InChI=1S/C14H11ClN6OS/c15-13-19-10(6-23-13)9-5-16-8-3-4-11(20-12(8)18-9)21-14(22)17-7-1-2-7/h3-7H,1-2H2,(H2,17,18,20,21,22). The van der Waals surface area contributed by atoms with Gasteiger partial charge < -0.3 is 5.32 Å². The third kappa shape index (κ3) is 3.22. The lowest BCUT2D eigenvalue weighted by molar-refractivity contribution is 0.251. The van der Waals surface area contributed by atoms with Gasteiger partial charge >= 0.3 is 6.03 Å². The molecule has 0 radical (unpaired) electrons. The van der Waals surface area contributed by atoms with Crippen LogP contribution in [-0.4, -0.2) is 32.0 Å². The van der Waals surface area contributed by atoms with E-state index in [1.807, 2.05) is 5.38 Å². The van der Waals surface area contributed by atoms with Crippen LogP contribution in [0.15, 0.2) is 23.7 Å². The molecule has 116 valence electrons. The van der Waals surface area contributed by atoms with Gasteiger partial charge in [-0.15, -0.1) is 11.3 Å². The molecule has 7 nitrogen and oxygen atoms in total. The Kier molecular flexibility index (Phi) is 3.55. The fourth-order valence-corrected chi connectivity index (χ4v) is 2.78. The van der Waals surface area contributed by atoms with Crippen molar-refractivity contribution in [1.29, 1.82) is 0 Å². The first kappa shape index (κ1) is 14.3. The number of anilines is 1. The summed E-state index contributed by atoms with van der Waals surface area (Å²) in [4.78, 5) is 29.0. The quantitative estimate of drug-likeness (QED) is 0.760. The van der Waals surface area contributed by atoms with E-state index in [-0.39, 0.29) is 12.1 Å². The van der Waals surface area contributed by atoms with Crippen LogP contribution >= 0.6 is 22.9 Å². The van der Waals surface area contributed by atoms with E-state index >= 15 is 0 Å². The number of urea groups is 1.